The second kappa shape index (κ2) is 9.29. The summed E-state index contributed by atoms with van der Waals surface area (Å²) >= 11 is 0. The number of carbonyl (C=O) groups is 2. The van der Waals surface area contributed by atoms with Gasteiger partial charge in [0.1, 0.15) is 0 Å². The molecule has 116 valence electrons. The molecule has 1 aromatic rings. The van der Waals surface area contributed by atoms with Gasteiger partial charge in [-0.05, 0) is 19.5 Å². The highest BCUT2D eigenvalue weighted by Crippen LogP contribution is 2.15. The van der Waals surface area contributed by atoms with Crippen molar-refractivity contribution in [1.29, 1.82) is 0 Å². The number of benzene rings is 1. The van der Waals surface area contributed by atoms with Crippen LogP contribution in [-0.4, -0.2) is 41.4 Å². The van der Waals surface area contributed by atoms with Crippen molar-refractivity contribution in [2.24, 2.45) is 5.92 Å². The van der Waals surface area contributed by atoms with Gasteiger partial charge < -0.3 is 10.0 Å². The molecule has 1 unspecified atom stereocenters. The normalized spacial score (nSPS) is 12.3. The summed E-state index contributed by atoms with van der Waals surface area (Å²) in [6, 6.07) is 8.96. The molecular weight excluding hydrogens is 266 g/mol. The van der Waals surface area contributed by atoms with E-state index in [4.69, 9.17) is 5.11 Å². The Morgan fingerprint density at radius 3 is 2.38 bits per heavy atom. The maximum absolute atomic E-state index is 12.5. The molecule has 4 heteroatoms. The van der Waals surface area contributed by atoms with E-state index < -0.39 is 11.9 Å². The van der Waals surface area contributed by atoms with E-state index in [0.29, 0.717) is 12.1 Å². The van der Waals surface area contributed by atoms with Gasteiger partial charge in [-0.25, -0.2) is 0 Å². The molecule has 1 N–H and O–H groups in total. The van der Waals surface area contributed by atoms with Crippen molar-refractivity contribution in [2.45, 2.75) is 33.1 Å². The van der Waals surface area contributed by atoms with Gasteiger partial charge >= 0.3 is 5.97 Å². The fraction of sp³-hybridized carbons (Fsp3) is 0.529. The van der Waals surface area contributed by atoms with Crippen molar-refractivity contribution < 1.29 is 14.7 Å². The van der Waals surface area contributed by atoms with Gasteiger partial charge in [0, 0.05) is 18.0 Å². The van der Waals surface area contributed by atoms with E-state index in [1.54, 1.807) is 24.3 Å². The topological polar surface area (TPSA) is 57.6 Å². The van der Waals surface area contributed by atoms with Crippen molar-refractivity contribution >= 4 is 11.8 Å². The molecule has 0 spiro atoms. The summed E-state index contributed by atoms with van der Waals surface area (Å²) in [5.74, 6) is -1.48. The Morgan fingerprint density at radius 1 is 1.19 bits per heavy atom. The minimum absolute atomic E-state index is 0.0760. The summed E-state index contributed by atoms with van der Waals surface area (Å²) in [5, 5.41) is 9.07. The molecule has 4 nitrogen and oxygen atoms in total. The molecule has 0 aromatic heterocycles. The summed E-state index contributed by atoms with van der Waals surface area (Å²) in [6.07, 6.45) is 2.04. The number of unbranched alkanes of at least 4 members (excludes halogenated alkanes) is 1. The van der Waals surface area contributed by atoms with Crippen molar-refractivity contribution in [3.8, 4) is 0 Å². The van der Waals surface area contributed by atoms with Crippen LogP contribution >= 0.6 is 0 Å². The zero-order valence-electron chi connectivity index (χ0n) is 12.9. The van der Waals surface area contributed by atoms with E-state index in [-0.39, 0.29) is 12.2 Å². The first-order valence-electron chi connectivity index (χ1n) is 7.61. The Morgan fingerprint density at radius 2 is 1.86 bits per heavy atom. The van der Waals surface area contributed by atoms with Crippen molar-refractivity contribution in [3.63, 3.8) is 0 Å². The van der Waals surface area contributed by atoms with E-state index in [1.807, 2.05) is 13.0 Å². The second-order valence-electron chi connectivity index (χ2n) is 5.27. The molecule has 0 aliphatic carbocycles. The highest BCUT2D eigenvalue weighted by Gasteiger charge is 2.24. The lowest BCUT2D eigenvalue weighted by molar-refractivity contribution is -0.137. The molecule has 0 fully saturated rings. The van der Waals surface area contributed by atoms with Crippen molar-refractivity contribution in [3.05, 3.63) is 35.9 Å². The molecule has 0 radical (unpaired) electrons. The van der Waals surface area contributed by atoms with E-state index >= 15 is 0 Å². The Kier molecular flexibility index (Phi) is 7.69. The lowest BCUT2D eigenvalue weighted by Gasteiger charge is -2.25. The van der Waals surface area contributed by atoms with Crippen LogP contribution in [0.25, 0.3) is 0 Å². The average molecular weight is 291 g/mol. The molecule has 0 aliphatic heterocycles. The number of carbonyl (C=O) groups excluding carboxylic acids is 1. The number of Topliss-reactive ketones (excluding diaryl/α,β-unsaturated/α-hetero) is 1. The first-order chi connectivity index (χ1) is 10.1. The SMILES string of the molecule is CCCCN(CC)CC(CC(=O)O)C(=O)c1ccccc1. The molecule has 0 heterocycles. The molecule has 21 heavy (non-hydrogen) atoms. The predicted octanol–water partition coefficient (Wildman–Crippen LogP) is 3.08. The molecule has 0 aliphatic rings. The third kappa shape index (κ3) is 6.08. The monoisotopic (exact) mass is 291 g/mol. The smallest absolute Gasteiger partial charge is 0.304 e. The third-order valence-electron chi connectivity index (χ3n) is 3.60. The van der Waals surface area contributed by atoms with Crippen LogP contribution < -0.4 is 0 Å². The number of hydrogen-bond donors (Lipinski definition) is 1. The maximum Gasteiger partial charge on any atom is 0.304 e. The van der Waals surface area contributed by atoms with Gasteiger partial charge in [-0.15, -0.1) is 0 Å². The van der Waals surface area contributed by atoms with Crippen LogP contribution in [0.4, 0.5) is 0 Å². The van der Waals surface area contributed by atoms with Crippen LogP contribution in [-0.2, 0) is 4.79 Å². The van der Waals surface area contributed by atoms with E-state index in [9.17, 15) is 9.59 Å². The second-order valence-corrected chi connectivity index (χ2v) is 5.27. The summed E-state index contributed by atoms with van der Waals surface area (Å²) in [6.45, 7) is 6.41. The third-order valence-corrected chi connectivity index (χ3v) is 3.60. The van der Waals surface area contributed by atoms with E-state index in [1.165, 1.54) is 0 Å². The molecule has 1 aromatic carbocycles. The van der Waals surface area contributed by atoms with Gasteiger partial charge in [-0.1, -0.05) is 50.6 Å². The fourth-order valence-electron chi connectivity index (χ4n) is 2.36. The highest BCUT2D eigenvalue weighted by atomic mass is 16.4. The van der Waals surface area contributed by atoms with E-state index in [0.717, 1.165) is 25.9 Å². The zero-order chi connectivity index (χ0) is 15.7. The minimum Gasteiger partial charge on any atom is -0.481 e. The number of carboxylic acid groups (broad SMARTS) is 1. The molecular formula is C17H25NO3. The lowest BCUT2D eigenvalue weighted by atomic mass is 9.94. The van der Waals surface area contributed by atoms with Crippen molar-refractivity contribution in [2.75, 3.05) is 19.6 Å². The number of nitrogens with zero attached hydrogens (tertiary/aromatic N) is 1. The largest absolute Gasteiger partial charge is 0.481 e. The Labute approximate surface area is 126 Å². The van der Waals surface area contributed by atoms with Crippen molar-refractivity contribution in [1.82, 2.24) is 4.90 Å². The zero-order valence-corrected chi connectivity index (χ0v) is 12.9. The van der Waals surface area contributed by atoms with Gasteiger partial charge in [-0.3, -0.25) is 9.59 Å². The standard InChI is InChI=1S/C17H25NO3/c1-3-5-11-18(4-2)13-15(12-16(19)20)17(21)14-9-7-6-8-10-14/h6-10,15H,3-5,11-13H2,1-2H3,(H,19,20). The van der Waals surface area contributed by atoms with Crippen LogP contribution in [0.1, 0.15) is 43.5 Å². The minimum atomic E-state index is -0.921. The summed E-state index contributed by atoms with van der Waals surface area (Å²) < 4.78 is 0. The summed E-state index contributed by atoms with van der Waals surface area (Å²) in [4.78, 5) is 25.7. The molecule has 1 rings (SSSR count). The number of ketones is 1. The Hall–Kier alpha value is -1.68. The molecule has 1 atom stereocenters. The first-order valence-corrected chi connectivity index (χ1v) is 7.61. The predicted molar refractivity (Wildman–Crippen MR) is 83.5 cm³/mol. The van der Waals surface area contributed by atoms with Gasteiger partial charge in [-0.2, -0.15) is 0 Å². The Balaban J connectivity index is 2.79. The number of aliphatic carboxylic acids is 1. The van der Waals surface area contributed by atoms with Crippen LogP contribution in [0.3, 0.4) is 0 Å². The van der Waals surface area contributed by atoms with Gasteiger partial charge in [0.15, 0.2) is 5.78 Å². The number of rotatable bonds is 10. The molecule has 0 amide bonds. The summed E-state index contributed by atoms with van der Waals surface area (Å²) in [5.41, 5.74) is 0.593. The molecule has 0 bridgehead atoms. The molecule has 0 saturated heterocycles. The number of carboxylic acids is 1. The number of hydrogen-bond acceptors (Lipinski definition) is 3. The summed E-state index contributed by atoms with van der Waals surface area (Å²) in [7, 11) is 0. The quantitative estimate of drug-likeness (QED) is 0.673. The van der Waals surface area contributed by atoms with Crippen LogP contribution in [0.5, 0.6) is 0 Å². The van der Waals surface area contributed by atoms with Crippen LogP contribution in [0, 0.1) is 5.92 Å². The van der Waals surface area contributed by atoms with Gasteiger partial charge in [0.2, 0.25) is 0 Å². The Bertz CT molecular complexity index is 445. The average Bonchev–Trinajstić information content (AvgIpc) is 2.50. The van der Waals surface area contributed by atoms with Gasteiger partial charge in [0.05, 0.1) is 6.42 Å². The first kappa shape index (κ1) is 17.4. The highest BCUT2D eigenvalue weighted by molar-refractivity contribution is 5.99. The maximum atomic E-state index is 12.5. The molecule has 0 saturated carbocycles. The lowest BCUT2D eigenvalue weighted by Crippen LogP contribution is -2.35. The van der Waals surface area contributed by atoms with Crippen LogP contribution in [0.15, 0.2) is 30.3 Å². The fourth-order valence-corrected chi connectivity index (χ4v) is 2.36. The van der Waals surface area contributed by atoms with Crippen LogP contribution in [0.2, 0.25) is 0 Å². The van der Waals surface area contributed by atoms with E-state index in [2.05, 4.69) is 11.8 Å². The van der Waals surface area contributed by atoms with Gasteiger partial charge in [0.25, 0.3) is 0 Å².